The molecule has 0 aliphatic carbocycles. The lowest BCUT2D eigenvalue weighted by atomic mass is 10.1. The molecular weight excluding hydrogens is 509 g/mol. The average molecular weight is 532 g/mol. The third-order valence-corrected chi connectivity index (χ3v) is 7.27. The SMILES string of the molecule is CC(Nc1ncnc2cc(C(=O)N3CCCC3c3ccccn3)c(Cl)cc12)c1nc2ccc(Cl)cc2[nH]1. The molecule has 6 rings (SSSR count). The van der Waals surface area contributed by atoms with Crippen LogP contribution in [0.1, 0.15) is 53.7 Å². The number of imidazole rings is 1. The number of nitrogens with zero attached hydrogens (tertiary/aromatic N) is 5. The fourth-order valence-electron chi connectivity index (χ4n) is 4.88. The van der Waals surface area contributed by atoms with Gasteiger partial charge in [-0.2, -0.15) is 0 Å². The van der Waals surface area contributed by atoms with E-state index in [9.17, 15) is 4.79 Å². The number of carbonyl (C=O) groups excluding carboxylic acids is 1. The van der Waals surface area contributed by atoms with Gasteiger partial charge in [-0.3, -0.25) is 9.78 Å². The van der Waals surface area contributed by atoms with Crippen LogP contribution in [0.25, 0.3) is 21.9 Å². The standard InChI is InChI=1S/C27H23Cl2N7O/c1-15(25-34-20-8-7-16(28)11-23(20)35-25)33-26-18-12-19(29)17(13-22(18)31-14-32-26)27(37)36-10-4-6-24(36)21-5-2-3-9-30-21/h2-3,5,7-9,11-15,24H,4,6,10H2,1H3,(H,34,35)(H,31,32,33). The van der Waals surface area contributed by atoms with Crippen LogP contribution >= 0.6 is 23.2 Å². The topological polar surface area (TPSA) is 99.7 Å². The van der Waals surface area contributed by atoms with Crippen molar-refractivity contribution in [2.45, 2.75) is 31.8 Å². The number of hydrogen-bond acceptors (Lipinski definition) is 6. The minimum atomic E-state index is -0.187. The number of pyridine rings is 1. The molecule has 5 aromatic rings. The Labute approximate surface area is 223 Å². The highest BCUT2D eigenvalue weighted by Gasteiger charge is 2.32. The summed E-state index contributed by atoms with van der Waals surface area (Å²) in [5.74, 6) is 1.23. The van der Waals surface area contributed by atoms with E-state index in [1.807, 2.05) is 48.2 Å². The second-order valence-corrected chi connectivity index (χ2v) is 9.98. The highest BCUT2D eigenvalue weighted by molar-refractivity contribution is 6.35. The van der Waals surface area contributed by atoms with Gasteiger partial charge >= 0.3 is 0 Å². The Kier molecular flexibility index (Phi) is 6.14. The molecule has 1 aliphatic heterocycles. The van der Waals surface area contributed by atoms with E-state index in [4.69, 9.17) is 23.2 Å². The summed E-state index contributed by atoms with van der Waals surface area (Å²) in [7, 11) is 0. The first-order valence-corrected chi connectivity index (χ1v) is 12.8. The summed E-state index contributed by atoms with van der Waals surface area (Å²) < 4.78 is 0. The van der Waals surface area contributed by atoms with Crippen molar-refractivity contribution in [1.29, 1.82) is 0 Å². The maximum atomic E-state index is 13.6. The monoisotopic (exact) mass is 531 g/mol. The molecule has 0 radical (unpaired) electrons. The molecule has 2 aromatic carbocycles. The third-order valence-electron chi connectivity index (χ3n) is 6.72. The summed E-state index contributed by atoms with van der Waals surface area (Å²) >= 11 is 12.8. The highest BCUT2D eigenvalue weighted by Crippen LogP contribution is 2.35. The predicted molar refractivity (Wildman–Crippen MR) is 145 cm³/mol. The molecule has 3 aromatic heterocycles. The number of likely N-dealkylation sites (tertiary alicyclic amines) is 1. The van der Waals surface area contributed by atoms with Crippen molar-refractivity contribution in [3.8, 4) is 0 Å². The Morgan fingerprint density at radius 3 is 2.84 bits per heavy atom. The van der Waals surface area contributed by atoms with Crippen LogP contribution in [0.2, 0.25) is 10.0 Å². The number of carbonyl (C=O) groups is 1. The Bertz CT molecular complexity index is 1620. The zero-order valence-electron chi connectivity index (χ0n) is 19.9. The first kappa shape index (κ1) is 23.6. The van der Waals surface area contributed by atoms with E-state index in [2.05, 4.69) is 30.2 Å². The molecular formula is C27H23Cl2N7O. The molecule has 10 heteroatoms. The number of H-pyrrole nitrogens is 1. The number of nitrogens with one attached hydrogen (secondary N) is 2. The lowest BCUT2D eigenvalue weighted by Crippen LogP contribution is -2.31. The summed E-state index contributed by atoms with van der Waals surface area (Å²) in [6.45, 7) is 2.64. The lowest BCUT2D eigenvalue weighted by molar-refractivity contribution is 0.0733. The molecule has 1 amide bonds. The molecule has 0 bridgehead atoms. The normalized spacial score (nSPS) is 16.4. The third kappa shape index (κ3) is 4.47. The molecule has 186 valence electrons. The molecule has 1 saturated heterocycles. The Balaban J connectivity index is 1.29. The van der Waals surface area contributed by atoms with Gasteiger partial charge < -0.3 is 15.2 Å². The predicted octanol–water partition coefficient (Wildman–Crippen LogP) is 6.36. The van der Waals surface area contributed by atoms with Crippen LogP contribution in [0.3, 0.4) is 0 Å². The van der Waals surface area contributed by atoms with Gasteiger partial charge in [-0.15, -0.1) is 0 Å². The molecule has 1 aliphatic rings. The quantitative estimate of drug-likeness (QED) is 0.273. The molecule has 1 fully saturated rings. The molecule has 8 nitrogen and oxygen atoms in total. The smallest absolute Gasteiger partial charge is 0.256 e. The minimum Gasteiger partial charge on any atom is -0.360 e. The maximum absolute atomic E-state index is 13.6. The fourth-order valence-corrected chi connectivity index (χ4v) is 5.30. The highest BCUT2D eigenvalue weighted by atomic mass is 35.5. The van der Waals surface area contributed by atoms with E-state index in [0.717, 1.165) is 40.8 Å². The van der Waals surface area contributed by atoms with Crippen molar-refractivity contribution >= 4 is 56.9 Å². The lowest BCUT2D eigenvalue weighted by Gasteiger charge is -2.25. The van der Waals surface area contributed by atoms with Crippen LogP contribution in [0.5, 0.6) is 0 Å². The Morgan fingerprint density at radius 2 is 2.00 bits per heavy atom. The fraction of sp³-hybridized carbons (Fsp3) is 0.222. The number of benzene rings is 2. The van der Waals surface area contributed by atoms with Gasteiger partial charge in [-0.1, -0.05) is 29.3 Å². The summed E-state index contributed by atoms with van der Waals surface area (Å²) in [5.41, 5.74) is 3.63. The number of fused-ring (bicyclic) bond motifs is 2. The van der Waals surface area contributed by atoms with E-state index < -0.39 is 0 Å². The number of halogens is 2. The van der Waals surface area contributed by atoms with Crippen molar-refractivity contribution in [3.63, 3.8) is 0 Å². The molecule has 2 N–H and O–H groups in total. The summed E-state index contributed by atoms with van der Waals surface area (Å²) in [6, 6.07) is 14.6. The number of anilines is 1. The maximum Gasteiger partial charge on any atom is 0.256 e. The van der Waals surface area contributed by atoms with E-state index >= 15 is 0 Å². The minimum absolute atomic E-state index is 0.0670. The zero-order chi connectivity index (χ0) is 25.5. The number of aromatic amines is 1. The second-order valence-electron chi connectivity index (χ2n) is 9.13. The van der Waals surface area contributed by atoms with Crippen LogP contribution in [0.15, 0.2) is 61.1 Å². The van der Waals surface area contributed by atoms with Crippen molar-refractivity contribution in [2.24, 2.45) is 0 Å². The van der Waals surface area contributed by atoms with Crippen LogP contribution < -0.4 is 5.32 Å². The largest absolute Gasteiger partial charge is 0.360 e. The van der Waals surface area contributed by atoms with Gasteiger partial charge in [0, 0.05) is 23.2 Å². The van der Waals surface area contributed by atoms with Crippen LogP contribution in [-0.2, 0) is 0 Å². The molecule has 0 saturated carbocycles. The van der Waals surface area contributed by atoms with Gasteiger partial charge in [0.05, 0.1) is 44.9 Å². The Hall–Kier alpha value is -3.75. The van der Waals surface area contributed by atoms with Gasteiger partial charge in [0.1, 0.15) is 18.0 Å². The van der Waals surface area contributed by atoms with E-state index in [-0.39, 0.29) is 18.0 Å². The molecule has 0 spiro atoms. The summed E-state index contributed by atoms with van der Waals surface area (Å²) in [6.07, 6.45) is 5.02. The zero-order valence-corrected chi connectivity index (χ0v) is 21.5. The van der Waals surface area contributed by atoms with Crippen molar-refractivity contribution in [1.82, 2.24) is 29.8 Å². The number of amides is 1. The van der Waals surface area contributed by atoms with Crippen molar-refractivity contribution in [3.05, 3.63) is 88.2 Å². The van der Waals surface area contributed by atoms with Gasteiger partial charge in [0.25, 0.3) is 5.91 Å². The number of rotatable bonds is 5. The number of aromatic nitrogens is 5. The average Bonchev–Trinajstić information content (AvgIpc) is 3.56. The van der Waals surface area contributed by atoms with E-state index in [0.29, 0.717) is 33.5 Å². The van der Waals surface area contributed by atoms with Gasteiger partial charge in [-0.25, -0.2) is 15.0 Å². The first-order valence-electron chi connectivity index (χ1n) is 12.1. The van der Waals surface area contributed by atoms with Gasteiger partial charge in [0.2, 0.25) is 0 Å². The second kappa shape index (κ2) is 9.61. The van der Waals surface area contributed by atoms with E-state index in [1.165, 1.54) is 6.33 Å². The summed E-state index contributed by atoms with van der Waals surface area (Å²) in [4.78, 5) is 36.7. The molecule has 4 heterocycles. The van der Waals surface area contributed by atoms with Crippen molar-refractivity contribution in [2.75, 3.05) is 11.9 Å². The van der Waals surface area contributed by atoms with Gasteiger partial charge in [0.15, 0.2) is 0 Å². The summed E-state index contributed by atoms with van der Waals surface area (Å²) in [5, 5.41) is 5.11. The van der Waals surface area contributed by atoms with E-state index in [1.54, 1.807) is 18.3 Å². The molecule has 2 atom stereocenters. The van der Waals surface area contributed by atoms with Crippen LogP contribution in [0.4, 0.5) is 5.82 Å². The number of hydrogen-bond donors (Lipinski definition) is 2. The molecule has 37 heavy (non-hydrogen) atoms. The van der Waals surface area contributed by atoms with Crippen LogP contribution in [-0.4, -0.2) is 42.3 Å². The first-order chi connectivity index (χ1) is 18.0. The molecule has 2 unspecified atom stereocenters. The van der Waals surface area contributed by atoms with Crippen LogP contribution in [0, 0.1) is 0 Å². The van der Waals surface area contributed by atoms with Gasteiger partial charge in [-0.05, 0) is 62.2 Å². The van der Waals surface area contributed by atoms with Crippen molar-refractivity contribution < 1.29 is 4.79 Å². The Morgan fingerprint density at radius 1 is 1.11 bits per heavy atom.